The number of sulfonamides is 1. The Morgan fingerprint density at radius 1 is 1.06 bits per heavy atom. The maximum absolute atomic E-state index is 12.8. The molecule has 1 amide bonds. The average Bonchev–Trinajstić information content (AvgIpc) is 3.30. The van der Waals surface area contributed by atoms with Gasteiger partial charge >= 0.3 is 0 Å². The molecule has 0 bridgehead atoms. The second-order valence-electron chi connectivity index (χ2n) is 7.51. The summed E-state index contributed by atoms with van der Waals surface area (Å²) in [6.07, 6.45) is 0.953. The van der Waals surface area contributed by atoms with E-state index >= 15 is 0 Å². The fraction of sp³-hybridized carbons (Fsp3) is 0.409. The van der Waals surface area contributed by atoms with E-state index in [1.165, 1.54) is 23.5 Å². The van der Waals surface area contributed by atoms with Gasteiger partial charge in [0.1, 0.15) is 18.1 Å². The maximum atomic E-state index is 12.8. The second-order valence-corrected chi connectivity index (χ2v) is 9.45. The predicted octanol–water partition coefficient (Wildman–Crippen LogP) is 2.02. The summed E-state index contributed by atoms with van der Waals surface area (Å²) in [5, 5.41) is 2.87. The van der Waals surface area contributed by atoms with E-state index in [0.717, 1.165) is 0 Å². The first kappa shape index (κ1) is 22.2. The van der Waals surface area contributed by atoms with Gasteiger partial charge in [-0.1, -0.05) is 0 Å². The number of piperidine rings is 1. The molecule has 32 heavy (non-hydrogen) atoms. The highest BCUT2D eigenvalue weighted by molar-refractivity contribution is 7.89. The number of amides is 1. The molecular weight excluding hydrogens is 436 g/mol. The first-order chi connectivity index (χ1) is 15.5. The van der Waals surface area contributed by atoms with Gasteiger partial charge in [0.15, 0.2) is 11.5 Å². The lowest BCUT2D eigenvalue weighted by molar-refractivity contribution is -0.126. The number of methoxy groups -OCH3 is 1. The van der Waals surface area contributed by atoms with Gasteiger partial charge in [0.05, 0.1) is 18.6 Å². The highest BCUT2D eigenvalue weighted by atomic mass is 32.2. The van der Waals surface area contributed by atoms with Gasteiger partial charge in [-0.2, -0.15) is 4.31 Å². The molecule has 1 saturated heterocycles. The molecule has 2 aromatic rings. The second kappa shape index (κ2) is 9.66. The molecule has 0 atom stereocenters. The Bertz CT molecular complexity index is 1050. The van der Waals surface area contributed by atoms with Crippen LogP contribution in [0.3, 0.4) is 0 Å². The van der Waals surface area contributed by atoms with Crippen LogP contribution in [0.5, 0.6) is 23.0 Å². The number of carbonyl (C=O) groups excluding carboxylic acids is 1. The zero-order valence-corrected chi connectivity index (χ0v) is 18.6. The van der Waals surface area contributed by atoms with Crippen molar-refractivity contribution < 1.29 is 32.2 Å². The minimum atomic E-state index is -3.59. The van der Waals surface area contributed by atoms with E-state index in [-0.39, 0.29) is 23.5 Å². The molecule has 0 aromatic heterocycles. The Labute approximate surface area is 187 Å². The summed E-state index contributed by atoms with van der Waals surface area (Å²) in [6, 6.07) is 11.6. The van der Waals surface area contributed by atoms with Gasteiger partial charge in [0.25, 0.3) is 0 Å². The zero-order chi connectivity index (χ0) is 22.6. The molecule has 0 saturated carbocycles. The van der Waals surface area contributed by atoms with E-state index in [2.05, 4.69) is 5.32 Å². The lowest BCUT2D eigenvalue weighted by Crippen LogP contribution is -2.43. The Balaban J connectivity index is 1.21. The number of nitrogens with zero attached hydrogens (tertiary/aromatic N) is 1. The SMILES string of the molecule is COc1ccc(S(=O)(=O)N2CCC(C(=O)NCCOc3ccc4c(c3)OCO4)CC2)cc1. The molecule has 1 fully saturated rings. The molecule has 4 rings (SSSR count). The Morgan fingerprint density at radius 2 is 1.75 bits per heavy atom. The molecule has 1 N–H and O–H groups in total. The molecule has 9 nitrogen and oxygen atoms in total. The minimum Gasteiger partial charge on any atom is -0.497 e. The number of carbonyl (C=O) groups is 1. The van der Waals surface area contributed by atoms with Crippen molar-refractivity contribution >= 4 is 15.9 Å². The van der Waals surface area contributed by atoms with Crippen molar-refractivity contribution in [1.29, 1.82) is 0 Å². The van der Waals surface area contributed by atoms with Crippen LogP contribution in [-0.2, 0) is 14.8 Å². The van der Waals surface area contributed by atoms with Crippen LogP contribution in [0.2, 0.25) is 0 Å². The predicted molar refractivity (Wildman–Crippen MR) is 116 cm³/mol. The van der Waals surface area contributed by atoms with Crippen molar-refractivity contribution in [2.75, 3.05) is 40.1 Å². The van der Waals surface area contributed by atoms with Crippen LogP contribution in [0.1, 0.15) is 12.8 Å². The van der Waals surface area contributed by atoms with Gasteiger partial charge in [0, 0.05) is 25.1 Å². The standard InChI is InChI=1S/C22H26N2O7S/c1-28-17-2-5-19(6-3-17)32(26,27)24-11-8-16(9-12-24)22(25)23-10-13-29-18-4-7-20-21(14-18)31-15-30-20/h2-7,14,16H,8-13,15H2,1H3,(H,23,25). The molecule has 2 aromatic carbocycles. The Kier molecular flexibility index (Phi) is 6.71. The van der Waals surface area contributed by atoms with E-state index in [1.54, 1.807) is 30.3 Å². The number of hydrogen-bond donors (Lipinski definition) is 1. The van der Waals surface area contributed by atoms with E-state index < -0.39 is 10.0 Å². The van der Waals surface area contributed by atoms with Crippen LogP contribution in [0.15, 0.2) is 47.4 Å². The third kappa shape index (κ3) is 4.91. The highest BCUT2D eigenvalue weighted by Crippen LogP contribution is 2.35. The number of fused-ring (bicyclic) bond motifs is 1. The number of benzene rings is 2. The number of hydrogen-bond acceptors (Lipinski definition) is 7. The van der Waals surface area contributed by atoms with Crippen LogP contribution >= 0.6 is 0 Å². The monoisotopic (exact) mass is 462 g/mol. The van der Waals surface area contributed by atoms with Crippen molar-refractivity contribution in [2.24, 2.45) is 5.92 Å². The molecule has 2 heterocycles. The normalized spacial score (nSPS) is 16.5. The van der Waals surface area contributed by atoms with Crippen LogP contribution < -0.4 is 24.3 Å². The first-order valence-corrected chi connectivity index (χ1v) is 11.9. The maximum Gasteiger partial charge on any atom is 0.243 e. The molecule has 2 aliphatic heterocycles. The number of rotatable bonds is 8. The summed E-state index contributed by atoms with van der Waals surface area (Å²) in [6.45, 7) is 1.49. The molecular formula is C22H26N2O7S. The van der Waals surface area contributed by atoms with Gasteiger partial charge in [-0.25, -0.2) is 8.42 Å². The number of nitrogens with one attached hydrogen (secondary N) is 1. The summed E-state index contributed by atoms with van der Waals surface area (Å²) in [7, 11) is -2.05. The lowest BCUT2D eigenvalue weighted by Gasteiger charge is -2.30. The molecule has 0 unspecified atom stereocenters. The zero-order valence-electron chi connectivity index (χ0n) is 17.8. The van der Waals surface area contributed by atoms with Crippen LogP contribution in [0, 0.1) is 5.92 Å². The quantitative estimate of drug-likeness (QED) is 0.599. The van der Waals surface area contributed by atoms with Gasteiger partial charge in [0.2, 0.25) is 22.7 Å². The minimum absolute atomic E-state index is 0.0826. The van der Waals surface area contributed by atoms with Crippen LogP contribution in [0.4, 0.5) is 0 Å². The van der Waals surface area contributed by atoms with Crippen molar-refractivity contribution in [3.05, 3.63) is 42.5 Å². The van der Waals surface area contributed by atoms with Gasteiger partial charge in [-0.3, -0.25) is 4.79 Å². The number of ether oxygens (including phenoxy) is 4. The Hall–Kier alpha value is -2.98. The van der Waals surface area contributed by atoms with Gasteiger partial charge in [-0.15, -0.1) is 0 Å². The summed E-state index contributed by atoms with van der Waals surface area (Å²) < 4.78 is 48.4. The molecule has 0 spiro atoms. The summed E-state index contributed by atoms with van der Waals surface area (Å²) >= 11 is 0. The van der Waals surface area contributed by atoms with Crippen LogP contribution in [0.25, 0.3) is 0 Å². The largest absolute Gasteiger partial charge is 0.497 e. The molecule has 0 radical (unpaired) electrons. The molecule has 172 valence electrons. The van der Waals surface area contributed by atoms with Gasteiger partial charge < -0.3 is 24.3 Å². The van der Waals surface area contributed by atoms with Crippen molar-refractivity contribution in [3.63, 3.8) is 0 Å². The Morgan fingerprint density at radius 3 is 2.47 bits per heavy atom. The topological polar surface area (TPSA) is 103 Å². The van der Waals surface area contributed by atoms with Gasteiger partial charge in [-0.05, 0) is 49.2 Å². The average molecular weight is 463 g/mol. The summed E-state index contributed by atoms with van der Waals surface area (Å²) in [4.78, 5) is 12.7. The lowest BCUT2D eigenvalue weighted by atomic mass is 9.97. The van der Waals surface area contributed by atoms with Crippen molar-refractivity contribution in [2.45, 2.75) is 17.7 Å². The van der Waals surface area contributed by atoms with Crippen LogP contribution in [-0.4, -0.2) is 58.8 Å². The summed E-state index contributed by atoms with van der Waals surface area (Å²) in [5.41, 5.74) is 0. The fourth-order valence-electron chi connectivity index (χ4n) is 3.71. The fourth-order valence-corrected chi connectivity index (χ4v) is 5.18. The molecule has 10 heteroatoms. The molecule has 0 aliphatic carbocycles. The van der Waals surface area contributed by atoms with E-state index in [4.69, 9.17) is 18.9 Å². The third-order valence-corrected chi connectivity index (χ3v) is 7.45. The summed E-state index contributed by atoms with van der Waals surface area (Å²) in [5.74, 6) is 2.26. The van der Waals surface area contributed by atoms with E-state index in [9.17, 15) is 13.2 Å². The van der Waals surface area contributed by atoms with E-state index in [0.29, 0.717) is 62.1 Å². The highest BCUT2D eigenvalue weighted by Gasteiger charge is 2.32. The van der Waals surface area contributed by atoms with E-state index in [1.807, 2.05) is 0 Å². The van der Waals surface area contributed by atoms with Crippen molar-refractivity contribution in [3.8, 4) is 23.0 Å². The van der Waals surface area contributed by atoms with Crippen molar-refractivity contribution in [1.82, 2.24) is 9.62 Å². The third-order valence-electron chi connectivity index (χ3n) is 5.54. The molecule has 2 aliphatic rings. The first-order valence-electron chi connectivity index (χ1n) is 10.4. The smallest absolute Gasteiger partial charge is 0.243 e.